The molecule has 0 radical (unpaired) electrons. The molecule has 110 valence electrons. The molecule has 2 aliphatic rings. The molecule has 20 heavy (non-hydrogen) atoms. The Morgan fingerprint density at radius 3 is 2.60 bits per heavy atom. The van der Waals surface area contributed by atoms with Crippen LogP contribution >= 0.6 is 0 Å². The molecule has 0 aromatic heterocycles. The minimum atomic E-state index is 0.718. The van der Waals surface area contributed by atoms with Crippen molar-refractivity contribution < 1.29 is 0 Å². The second kappa shape index (κ2) is 6.62. The van der Waals surface area contributed by atoms with E-state index in [4.69, 9.17) is 0 Å². The zero-order valence-electron chi connectivity index (χ0n) is 12.8. The number of benzene rings is 1. The maximum Gasteiger partial charge on any atom is 0.0411 e. The van der Waals surface area contributed by atoms with Crippen LogP contribution in [0.15, 0.2) is 24.3 Å². The van der Waals surface area contributed by atoms with E-state index in [1.807, 2.05) is 0 Å². The summed E-state index contributed by atoms with van der Waals surface area (Å²) in [6.45, 7) is 5.90. The van der Waals surface area contributed by atoms with Gasteiger partial charge in [-0.05, 0) is 43.2 Å². The molecule has 1 aromatic carbocycles. The highest BCUT2D eigenvalue weighted by atomic mass is 15.1. The van der Waals surface area contributed by atoms with E-state index in [9.17, 15) is 0 Å². The van der Waals surface area contributed by atoms with Gasteiger partial charge in [0.05, 0.1) is 0 Å². The molecule has 1 N–H and O–H groups in total. The van der Waals surface area contributed by atoms with Gasteiger partial charge >= 0.3 is 0 Å². The van der Waals surface area contributed by atoms with Crippen LogP contribution in [0.1, 0.15) is 51.0 Å². The van der Waals surface area contributed by atoms with E-state index in [2.05, 4.69) is 41.4 Å². The Kier molecular flexibility index (Phi) is 4.62. The molecule has 0 bridgehead atoms. The van der Waals surface area contributed by atoms with E-state index in [0.717, 1.165) is 18.5 Å². The molecule has 2 atom stereocenters. The van der Waals surface area contributed by atoms with Crippen molar-refractivity contribution >= 4 is 5.69 Å². The Morgan fingerprint density at radius 1 is 1.05 bits per heavy atom. The lowest BCUT2D eigenvalue weighted by Crippen LogP contribution is -2.37. The molecule has 3 rings (SSSR count). The van der Waals surface area contributed by atoms with Crippen molar-refractivity contribution in [2.45, 2.75) is 58.0 Å². The average molecular weight is 272 g/mol. The van der Waals surface area contributed by atoms with Crippen LogP contribution < -0.4 is 10.2 Å². The van der Waals surface area contributed by atoms with Crippen LogP contribution in [0.25, 0.3) is 0 Å². The van der Waals surface area contributed by atoms with Crippen LogP contribution in [0.2, 0.25) is 0 Å². The fourth-order valence-corrected chi connectivity index (χ4v) is 3.79. The van der Waals surface area contributed by atoms with Crippen molar-refractivity contribution in [2.75, 3.05) is 18.0 Å². The summed E-state index contributed by atoms with van der Waals surface area (Å²) in [5.74, 6) is 0.836. The first kappa shape index (κ1) is 13.9. The van der Waals surface area contributed by atoms with Crippen molar-refractivity contribution in [1.29, 1.82) is 0 Å². The third-order valence-electron chi connectivity index (χ3n) is 5.10. The highest BCUT2D eigenvalue weighted by molar-refractivity contribution is 5.54. The number of anilines is 1. The van der Waals surface area contributed by atoms with Crippen LogP contribution in [0.5, 0.6) is 0 Å². The predicted molar refractivity (Wildman–Crippen MR) is 86.1 cm³/mol. The van der Waals surface area contributed by atoms with E-state index in [1.54, 1.807) is 0 Å². The molecule has 2 unspecified atom stereocenters. The minimum absolute atomic E-state index is 0.718. The van der Waals surface area contributed by atoms with Gasteiger partial charge < -0.3 is 10.2 Å². The molecule has 2 fully saturated rings. The summed E-state index contributed by atoms with van der Waals surface area (Å²) >= 11 is 0. The lowest BCUT2D eigenvalue weighted by atomic mass is 9.86. The summed E-state index contributed by atoms with van der Waals surface area (Å²) < 4.78 is 0. The Morgan fingerprint density at radius 2 is 1.80 bits per heavy atom. The number of nitrogens with one attached hydrogen (secondary N) is 1. The molecular formula is C18H28N2. The van der Waals surface area contributed by atoms with Crippen LogP contribution in [-0.2, 0) is 6.54 Å². The molecule has 0 spiro atoms. The van der Waals surface area contributed by atoms with E-state index >= 15 is 0 Å². The van der Waals surface area contributed by atoms with Gasteiger partial charge in [-0.2, -0.15) is 0 Å². The number of hydrogen-bond donors (Lipinski definition) is 1. The number of para-hydroxylation sites is 1. The molecule has 1 heterocycles. The van der Waals surface area contributed by atoms with Gasteiger partial charge in [0.25, 0.3) is 0 Å². The van der Waals surface area contributed by atoms with Crippen LogP contribution in [0.4, 0.5) is 5.69 Å². The standard InChI is InChI=1S/C18H28N2/c1-15-8-2-4-10-17(15)19-14-16-9-3-5-11-18(16)20-12-6-7-13-20/h3,5,9,11,15,17,19H,2,4,6-8,10,12-14H2,1H3. The van der Waals surface area contributed by atoms with Crippen LogP contribution in [0.3, 0.4) is 0 Å². The van der Waals surface area contributed by atoms with Crippen molar-refractivity contribution in [3.63, 3.8) is 0 Å². The van der Waals surface area contributed by atoms with E-state index in [-0.39, 0.29) is 0 Å². The number of hydrogen-bond acceptors (Lipinski definition) is 2. The Bertz CT molecular complexity index is 423. The second-order valence-electron chi connectivity index (χ2n) is 6.57. The topological polar surface area (TPSA) is 15.3 Å². The predicted octanol–water partition coefficient (Wildman–Crippen LogP) is 3.96. The molecule has 1 aromatic rings. The Labute approximate surface area is 123 Å². The summed E-state index contributed by atoms with van der Waals surface area (Å²) in [7, 11) is 0. The van der Waals surface area contributed by atoms with Crippen molar-refractivity contribution in [3.05, 3.63) is 29.8 Å². The first-order valence-corrected chi connectivity index (χ1v) is 8.41. The Hall–Kier alpha value is -1.02. The van der Waals surface area contributed by atoms with Gasteiger partial charge in [-0.15, -0.1) is 0 Å². The number of rotatable bonds is 4. The maximum atomic E-state index is 3.82. The van der Waals surface area contributed by atoms with E-state index in [0.29, 0.717) is 0 Å². The Balaban J connectivity index is 1.64. The quantitative estimate of drug-likeness (QED) is 0.892. The molecule has 1 aliphatic carbocycles. The SMILES string of the molecule is CC1CCCCC1NCc1ccccc1N1CCCC1. The lowest BCUT2D eigenvalue weighted by Gasteiger charge is -2.30. The molecule has 1 aliphatic heterocycles. The minimum Gasteiger partial charge on any atom is -0.371 e. The zero-order chi connectivity index (χ0) is 13.8. The fourth-order valence-electron chi connectivity index (χ4n) is 3.79. The van der Waals surface area contributed by atoms with Gasteiger partial charge in [0.2, 0.25) is 0 Å². The molecule has 1 saturated heterocycles. The van der Waals surface area contributed by atoms with Crippen molar-refractivity contribution in [2.24, 2.45) is 5.92 Å². The lowest BCUT2D eigenvalue weighted by molar-refractivity contribution is 0.279. The monoisotopic (exact) mass is 272 g/mol. The van der Waals surface area contributed by atoms with Gasteiger partial charge in [-0.1, -0.05) is 38.0 Å². The summed E-state index contributed by atoms with van der Waals surface area (Å²) in [4.78, 5) is 2.56. The third-order valence-corrected chi connectivity index (χ3v) is 5.10. The first-order valence-electron chi connectivity index (χ1n) is 8.41. The number of nitrogens with zero attached hydrogens (tertiary/aromatic N) is 1. The largest absolute Gasteiger partial charge is 0.371 e. The molecule has 1 saturated carbocycles. The summed E-state index contributed by atoms with van der Waals surface area (Å²) in [6.07, 6.45) is 8.26. The van der Waals surface area contributed by atoms with E-state index < -0.39 is 0 Å². The van der Waals surface area contributed by atoms with Crippen molar-refractivity contribution in [3.8, 4) is 0 Å². The second-order valence-corrected chi connectivity index (χ2v) is 6.57. The van der Waals surface area contributed by atoms with Gasteiger partial charge in [0.15, 0.2) is 0 Å². The van der Waals surface area contributed by atoms with Gasteiger partial charge in [0, 0.05) is 31.4 Å². The zero-order valence-corrected chi connectivity index (χ0v) is 12.8. The first-order chi connectivity index (χ1) is 9.84. The highest BCUT2D eigenvalue weighted by Gasteiger charge is 2.21. The summed E-state index contributed by atoms with van der Waals surface area (Å²) in [5, 5.41) is 3.82. The summed E-state index contributed by atoms with van der Waals surface area (Å²) in [5.41, 5.74) is 2.94. The van der Waals surface area contributed by atoms with E-state index in [1.165, 1.54) is 62.9 Å². The van der Waals surface area contributed by atoms with Crippen molar-refractivity contribution in [1.82, 2.24) is 5.32 Å². The van der Waals surface area contributed by atoms with Gasteiger partial charge in [0.1, 0.15) is 0 Å². The molecule has 0 amide bonds. The maximum absolute atomic E-state index is 3.82. The van der Waals surface area contributed by atoms with Gasteiger partial charge in [-0.3, -0.25) is 0 Å². The summed E-state index contributed by atoms with van der Waals surface area (Å²) in [6, 6.07) is 9.68. The fraction of sp³-hybridized carbons (Fsp3) is 0.667. The normalized spacial score (nSPS) is 26.9. The molecule has 2 nitrogen and oxygen atoms in total. The molecule has 2 heteroatoms. The molecular weight excluding hydrogens is 244 g/mol. The smallest absolute Gasteiger partial charge is 0.0411 e. The van der Waals surface area contributed by atoms with Crippen LogP contribution in [0, 0.1) is 5.92 Å². The highest BCUT2D eigenvalue weighted by Crippen LogP contribution is 2.27. The van der Waals surface area contributed by atoms with Crippen LogP contribution in [-0.4, -0.2) is 19.1 Å². The van der Waals surface area contributed by atoms with Gasteiger partial charge in [-0.25, -0.2) is 0 Å². The third kappa shape index (κ3) is 3.17. The average Bonchev–Trinajstić information content (AvgIpc) is 3.01.